The van der Waals surface area contributed by atoms with E-state index in [2.05, 4.69) is 43.4 Å². The summed E-state index contributed by atoms with van der Waals surface area (Å²) in [5, 5.41) is 3.30. The fourth-order valence-electron chi connectivity index (χ4n) is 1.72. The second kappa shape index (κ2) is 7.42. The molecule has 2 nitrogen and oxygen atoms in total. The van der Waals surface area contributed by atoms with Gasteiger partial charge in [-0.15, -0.1) is 0 Å². The Kier molecular flexibility index (Phi) is 6.12. The molecule has 1 atom stereocenters. The van der Waals surface area contributed by atoms with Crippen LogP contribution in [-0.2, 0) is 11.2 Å². The molecule has 0 aliphatic heterocycles. The van der Waals surface area contributed by atoms with Crippen LogP contribution in [0.15, 0.2) is 24.3 Å². The minimum Gasteiger partial charge on any atom is -0.379 e. The van der Waals surface area contributed by atoms with Crippen molar-refractivity contribution in [1.29, 1.82) is 0 Å². The number of hydrogen-bond acceptors (Lipinski definition) is 2. The molecular weight excluding hydrogens is 198 g/mol. The number of ether oxygens (including phenoxy) is 1. The van der Waals surface area contributed by atoms with Crippen LogP contribution in [0.25, 0.3) is 0 Å². The zero-order valence-electron chi connectivity index (χ0n) is 10.6. The van der Waals surface area contributed by atoms with Gasteiger partial charge in [-0.2, -0.15) is 0 Å². The number of hydrogen-bond donors (Lipinski definition) is 1. The van der Waals surface area contributed by atoms with Crippen LogP contribution < -0.4 is 5.32 Å². The van der Waals surface area contributed by atoms with Gasteiger partial charge in [0.2, 0.25) is 0 Å². The summed E-state index contributed by atoms with van der Waals surface area (Å²) in [6.45, 7) is 5.90. The maximum absolute atomic E-state index is 5.60. The third-order valence-corrected chi connectivity index (χ3v) is 2.74. The number of nitrogens with one attached hydrogen (secondary N) is 1. The van der Waals surface area contributed by atoms with Crippen molar-refractivity contribution in [3.05, 3.63) is 35.4 Å². The lowest BCUT2D eigenvalue weighted by Gasteiger charge is -2.17. The molecule has 0 radical (unpaired) electrons. The molecule has 0 heterocycles. The third kappa shape index (κ3) is 3.95. The Morgan fingerprint density at radius 2 is 2.12 bits per heavy atom. The zero-order valence-corrected chi connectivity index (χ0v) is 10.6. The Morgan fingerprint density at radius 1 is 1.31 bits per heavy atom. The van der Waals surface area contributed by atoms with E-state index in [0.717, 1.165) is 26.1 Å². The SMILES string of the molecule is CCCOCC(NC)c1cccc(CC)c1. The van der Waals surface area contributed by atoms with E-state index >= 15 is 0 Å². The van der Waals surface area contributed by atoms with Crippen molar-refractivity contribution in [1.82, 2.24) is 5.32 Å². The highest BCUT2D eigenvalue weighted by molar-refractivity contribution is 5.26. The Hall–Kier alpha value is -0.860. The van der Waals surface area contributed by atoms with Crippen LogP contribution in [-0.4, -0.2) is 20.3 Å². The van der Waals surface area contributed by atoms with Crippen molar-refractivity contribution in [3.8, 4) is 0 Å². The summed E-state index contributed by atoms with van der Waals surface area (Å²) in [5.41, 5.74) is 2.70. The largest absolute Gasteiger partial charge is 0.379 e. The van der Waals surface area contributed by atoms with Gasteiger partial charge in [-0.05, 0) is 31.0 Å². The molecule has 1 unspecified atom stereocenters. The lowest BCUT2D eigenvalue weighted by Crippen LogP contribution is -2.22. The number of rotatable bonds is 7. The molecule has 0 saturated heterocycles. The van der Waals surface area contributed by atoms with Gasteiger partial charge in [-0.25, -0.2) is 0 Å². The van der Waals surface area contributed by atoms with Gasteiger partial charge in [0.25, 0.3) is 0 Å². The van der Waals surface area contributed by atoms with E-state index in [1.165, 1.54) is 11.1 Å². The second-order valence-electron chi connectivity index (χ2n) is 4.01. The summed E-state index contributed by atoms with van der Waals surface area (Å²) in [6.07, 6.45) is 2.16. The molecule has 2 heteroatoms. The Bertz CT molecular complexity index is 299. The summed E-state index contributed by atoms with van der Waals surface area (Å²) in [6, 6.07) is 9.02. The molecule has 0 bridgehead atoms. The summed E-state index contributed by atoms with van der Waals surface area (Å²) >= 11 is 0. The number of likely N-dealkylation sites (N-methyl/N-ethyl adjacent to an activating group) is 1. The van der Waals surface area contributed by atoms with E-state index in [-0.39, 0.29) is 0 Å². The molecule has 0 saturated carbocycles. The van der Waals surface area contributed by atoms with Gasteiger partial charge in [0.15, 0.2) is 0 Å². The lowest BCUT2D eigenvalue weighted by atomic mass is 10.0. The van der Waals surface area contributed by atoms with Crippen LogP contribution >= 0.6 is 0 Å². The topological polar surface area (TPSA) is 21.3 Å². The highest BCUT2D eigenvalue weighted by Crippen LogP contribution is 2.15. The quantitative estimate of drug-likeness (QED) is 0.715. The predicted molar refractivity (Wildman–Crippen MR) is 68.7 cm³/mol. The zero-order chi connectivity index (χ0) is 11.8. The predicted octanol–water partition coefficient (Wildman–Crippen LogP) is 2.94. The highest BCUT2D eigenvalue weighted by Gasteiger charge is 2.09. The van der Waals surface area contributed by atoms with E-state index in [0.29, 0.717) is 6.04 Å². The fourth-order valence-corrected chi connectivity index (χ4v) is 1.72. The molecule has 0 amide bonds. The van der Waals surface area contributed by atoms with Crippen molar-refractivity contribution < 1.29 is 4.74 Å². The van der Waals surface area contributed by atoms with Crippen LogP contribution in [0.4, 0.5) is 0 Å². The lowest BCUT2D eigenvalue weighted by molar-refractivity contribution is 0.114. The molecule has 90 valence electrons. The monoisotopic (exact) mass is 221 g/mol. The van der Waals surface area contributed by atoms with Gasteiger partial charge < -0.3 is 10.1 Å². The maximum atomic E-state index is 5.60. The molecule has 1 aromatic carbocycles. The van der Waals surface area contributed by atoms with E-state index < -0.39 is 0 Å². The second-order valence-corrected chi connectivity index (χ2v) is 4.01. The molecule has 0 aromatic heterocycles. The Labute approximate surface area is 99.0 Å². The van der Waals surface area contributed by atoms with Crippen LogP contribution in [0.1, 0.15) is 37.4 Å². The first-order valence-electron chi connectivity index (χ1n) is 6.15. The van der Waals surface area contributed by atoms with E-state index in [1.54, 1.807) is 0 Å². The maximum Gasteiger partial charge on any atom is 0.0661 e. The smallest absolute Gasteiger partial charge is 0.0661 e. The van der Waals surface area contributed by atoms with Gasteiger partial charge in [0.05, 0.1) is 12.6 Å². The van der Waals surface area contributed by atoms with E-state index in [9.17, 15) is 0 Å². The van der Waals surface area contributed by atoms with Gasteiger partial charge in [-0.1, -0.05) is 38.1 Å². The summed E-state index contributed by atoms with van der Waals surface area (Å²) in [5.74, 6) is 0. The molecule has 1 N–H and O–H groups in total. The van der Waals surface area contributed by atoms with Crippen molar-refractivity contribution >= 4 is 0 Å². The van der Waals surface area contributed by atoms with Crippen LogP contribution in [0, 0.1) is 0 Å². The molecular formula is C14H23NO. The van der Waals surface area contributed by atoms with Crippen molar-refractivity contribution in [2.24, 2.45) is 0 Å². The molecule has 1 aromatic rings. The molecule has 0 aliphatic rings. The first-order chi connectivity index (χ1) is 7.81. The van der Waals surface area contributed by atoms with Gasteiger partial charge in [0, 0.05) is 6.61 Å². The fraction of sp³-hybridized carbons (Fsp3) is 0.571. The average Bonchev–Trinajstić information content (AvgIpc) is 2.35. The third-order valence-electron chi connectivity index (χ3n) is 2.74. The minimum atomic E-state index is 0.304. The van der Waals surface area contributed by atoms with Crippen LogP contribution in [0.3, 0.4) is 0 Å². The minimum absolute atomic E-state index is 0.304. The highest BCUT2D eigenvalue weighted by atomic mass is 16.5. The summed E-state index contributed by atoms with van der Waals surface area (Å²) in [4.78, 5) is 0. The number of aryl methyl sites for hydroxylation is 1. The van der Waals surface area contributed by atoms with Gasteiger partial charge >= 0.3 is 0 Å². The first kappa shape index (κ1) is 13.2. The van der Waals surface area contributed by atoms with E-state index in [4.69, 9.17) is 4.74 Å². The molecule has 16 heavy (non-hydrogen) atoms. The van der Waals surface area contributed by atoms with Gasteiger partial charge in [0.1, 0.15) is 0 Å². The Morgan fingerprint density at radius 3 is 2.75 bits per heavy atom. The van der Waals surface area contributed by atoms with Crippen molar-refractivity contribution in [2.45, 2.75) is 32.7 Å². The molecule has 0 spiro atoms. The number of benzene rings is 1. The average molecular weight is 221 g/mol. The van der Waals surface area contributed by atoms with Crippen LogP contribution in [0.2, 0.25) is 0 Å². The standard InChI is InChI=1S/C14H23NO/c1-4-9-16-11-14(15-3)13-8-6-7-12(5-2)10-13/h6-8,10,14-15H,4-5,9,11H2,1-3H3. The summed E-state index contributed by atoms with van der Waals surface area (Å²) in [7, 11) is 1.98. The van der Waals surface area contributed by atoms with Crippen molar-refractivity contribution in [3.63, 3.8) is 0 Å². The molecule has 0 fully saturated rings. The van der Waals surface area contributed by atoms with Crippen LogP contribution in [0.5, 0.6) is 0 Å². The van der Waals surface area contributed by atoms with Gasteiger partial charge in [-0.3, -0.25) is 0 Å². The first-order valence-corrected chi connectivity index (χ1v) is 6.15. The van der Waals surface area contributed by atoms with E-state index in [1.807, 2.05) is 7.05 Å². The Balaban J connectivity index is 2.62. The molecule has 1 rings (SSSR count). The normalized spacial score (nSPS) is 12.7. The molecule has 0 aliphatic carbocycles. The summed E-state index contributed by atoms with van der Waals surface area (Å²) < 4.78 is 5.60. The van der Waals surface area contributed by atoms with Crippen molar-refractivity contribution in [2.75, 3.05) is 20.3 Å².